The van der Waals surface area contributed by atoms with Crippen molar-refractivity contribution in [3.63, 3.8) is 0 Å². The van der Waals surface area contributed by atoms with Crippen LogP contribution in [0.3, 0.4) is 0 Å². The summed E-state index contributed by atoms with van der Waals surface area (Å²) >= 11 is 3.29. The molecular weight excluding hydrogens is 411 g/mol. The predicted molar refractivity (Wildman–Crippen MR) is 108 cm³/mol. The van der Waals surface area contributed by atoms with Crippen molar-refractivity contribution in [1.82, 2.24) is 9.80 Å². The molecule has 2 saturated heterocycles. The molecule has 0 spiro atoms. The summed E-state index contributed by atoms with van der Waals surface area (Å²) in [6.45, 7) is 9.17. The van der Waals surface area contributed by atoms with E-state index in [0.717, 1.165) is 32.0 Å². The molecule has 27 heavy (non-hydrogen) atoms. The van der Waals surface area contributed by atoms with E-state index < -0.39 is 6.10 Å². The first-order chi connectivity index (χ1) is 12.9. The first-order valence-electron chi connectivity index (χ1n) is 10.0. The van der Waals surface area contributed by atoms with Crippen LogP contribution < -0.4 is 4.74 Å². The summed E-state index contributed by atoms with van der Waals surface area (Å²) in [5, 5.41) is 0. The highest BCUT2D eigenvalue weighted by Gasteiger charge is 2.29. The molecule has 3 rings (SSSR count). The number of hydrogen-bond acceptors (Lipinski definition) is 3. The second-order valence-electron chi connectivity index (χ2n) is 8.11. The number of nitrogens with zero attached hydrogens (tertiary/aromatic N) is 2. The Hall–Kier alpha value is -1.14. The van der Waals surface area contributed by atoms with Crippen LogP contribution in [0.15, 0.2) is 22.7 Å². The van der Waals surface area contributed by atoms with Gasteiger partial charge in [-0.25, -0.2) is 4.39 Å². The molecule has 2 aliphatic heterocycles. The normalized spacial score (nSPS) is 23.3. The first kappa shape index (κ1) is 20.6. The molecule has 4 nitrogen and oxygen atoms in total. The number of carbonyl (C=O) groups is 1. The summed E-state index contributed by atoms with van der Waals surface area (Å²) in [7, 11) is 0. The molecule has 0 aliphatic carbocycles. The molecular formula is C21H30BrFN2O2. The van der Waals surface area contributed by atoms with E-state index in [9.17, 15) is 9.18 Å². The maximum Gasteiger partial charge on any atom is 0.263 e. The number of carbonyl (C=O) groups excluding carboxylic acids is 1. The zero-order valence-electron chi connectivity index (χ0n) is 16.3. The topological polar surface area (TPSA) is 32.8 Å². The average molecular weight is 441 g/mol. The number of piperidine rings is 2. The van der Waals surface area contributed by atoms with Crippen molar-refractivity contribution < 1.29 is 13.9 Å². The molecule has 6 heteroatoms. The van der Waals surface area contributed by atoms with E-state index >= 15 is 0 Å². The molecule has 1 aromatic carbocycles. The maximum absolute atomic E-state index is 13.2. The molecule has 2 atom stereocenters. The Kier molecular flexibility index (Phi) is 7.15. The Labute approximate surface area is 170 Å². The fourth-order valence-electron chi connectivity index (χ4n) is 4.09. The van der Waals surface area contributed by atoms with Crippen molar-refractivity contribution in [2.24, 2.45) is 11.8 Å². The van der Waals surface area contributed by atoms with Crippen LogP contribution in [0.2, 0.25) is 0 Å². The molecule has 2 fully saturated rings. The number of rotatable bonds is 5. The van der Waals surface area contributed by atoms with Gasteiger partial charge < -0.3 is 14.5 Å². The number of halogens is 2. The van der Waals surface area contributed by atoms with Gasteiger partial charge in [-0.3, -0.25) is 4.79 Å². The first-order valence-corrected chi connectivity index (χ1v) is 10.8. The van der Waals surface area contributed by atoms with Crippen molar-refractivity contribution >= 4 is 21.8 Å². The van der Waals surface area contributed by atoms with Crippen LogP contribution in [0.25, 0.3) is 0 Å². The summed E-state index contributed by atoms with van der Waals surface area (Å²) in [5.74, 6) is 1.56. The van der Waals surface area contributed by atoms with Crippen LogP contribution in [0, 0.1) is 17.7 Å². The van der Waals surface area contributed by atoms with E-state index in [4.69, 9.17) is 4.74 Å². The zero-order valence-corrected chi connectivity index (χ0v) is 17.9. The van der Waals surface area contributed by atoms with Crippen LogP contribution in [-0.4, -0.2) is 54.5 Å². The van der Waals surface area contributed by atoms with Gasteiger partial charge in [-0.1, -0.05) is 6.92 Å². The lowest BCUT2D eigenvalue weighted by atomic mass is 9.94. The fourth-order valence-corrected chi connectivity index (χ4v) is 4.54. The second kappa shape index (κ2) is 9.37. The Balaban J connectivity index is 1.52. The van der Waals surface area contributed by atoms with E-state index in [1.165, 1.54) is 44.5 Å². The minimum absolute atomic E-state index is 0.0168. The van der Waals surface area contributed by atoms with Gasteiger partial charge in [0.2, 0.25) is 0 Å². The second-order valence-corrected chi connectivity index (χ2v) is 8.96. The SMILES string of the molecule is CC1CCN(CC2CCCN(C(=O)C(C)Oc3ccc(F)cc3Br)C2)CC1. The fraction of sp³-hybridized carbons (Fsp3) is 0.667. The monoisotopic (exact) mass is 440 g/mol. The third kappa shape index (κ3) is 5.67. The predicted octanol–water partition coefficient (Wildman–Crippen LogP) is 4.33. The Morgan fingerprint density at radius 3 is 2.74 bits per heavy atom. The van der Waals surface area contributed by atoms with Crippen LogP contribution in [0.4, 0.5) is 4.39 Å². The number of hydrogen-bond donors (Lipinski definition) is 0. The lowest BCUT2D eigenvalue weighted by molar-refractivity contribution is -0.140. The summed E-state index contributed by atoms with van der Waals surface area (Å²) in [6, 6.07) is 4.25. The Bertz CT molecular complexity index is 649. The number of amides is 1. The molecule has 1 aromatic rings. The summed E-state index contributed by atoms with van der Waals surface area (Å²) in [6.07, 6.45) is 4.23. The Morgan fingerprint density at radius 2 is 2.04 bits per heavy atom. The standard InChI is InChI=1S/C21H30BrFN2O2/c1-15-7-10-24(11-8-15)13-17-4-3-9-25(14-17)21(26)16(2)27-20-6-5-18(23)12-19(20)22/h5-6,12,15-17H,3-4,7-11,13-14H2,1-2H3. The summed E-state index contributed by atoms with van der Waals surface area (Å²) in [4.78, 5) is 17.4. The van der Waals surface area contributed by atoms with Gasteiger partial charge in [-0.05, 0) is 91.7 Å². The molecule has 2 aliphatic rings. The largest absolute Gasteiger partial charge is 0.480 e. The lowest BCUT2D eigenvalue weighted by Gasteiger charge is -2.38. The van der Waals surface area contributed by atoms with Gasteiger partial charge in [0.1, 0.15) is 11.6 Å². The number of likely N-dealkylation sites (tertiary alicyclic amines) is 2. The summed E-state index contributed by atoms with van der Waals surface area (Å²) in [5.41, 5.74) is 0. The van der Waals surface area contributed by atoms with Crippen molar-refractivity contribution in [1.29, 1.82) is 0 Å². The number of ether oxygens (including phenoxy) is 1. The highest BCUT2D eigenvalue weighted by Crippen LogP contribution is 2.27. The van der Waals surface area contributed by atoms with Crippen molar-refractivity contribution in [2.75, 3.05) is 32.7 Å². The van der Waals surface area contributed by atoms with Gasteiger partial charge in [-0.2, -0.15) is 0 Å². The smallest absolute Gasteiger partial charge is 0.263 e. The minimum Gasteiger partial charge on any atom is -0.480 e. The molecule has 0 bridgehead atoms. The Morgan fingerprint density at radius 1 is 1.30 bits per heavy atom. The molecule has 2 unspecified atom stereocenters. The molecule has 150 valence electrons. The van der Waals surface area contributed by atoms with Crippen LogP contribution in [0.1, 0.15) is 39.5 Å². The van der Waals surface area contributed by atoms with Gasteiger partial charge in [0.15, 0.2) is 6.10 Å². The van der Waals surface area contributed by atoms with E-state index in [1.54, 1.807) is 13.0 Å². The molecule has 0 N–H and O–H groups in total. The quantitative estimate of drug-likeness (QED) is 0.682. The lowest BCUT2D eigenvalue weighted by Crippen LogP contribution is -2.48. The van der Waals surface area contributed by atoms with Crippen LogP contribution >= 0.6 is 15.9 Å². The van der Waals surface area contributed by atoms with Gasteiger partial charge in [-0.15, -0.1) is 0 Å². The van der Waals surface area contributed by atoms with E-state index in [2.05, 4.69) is 27.8 Å². The van der Waals surface area contributed by atoms with E-state index in [1.807, 2.05) is 4.90 Å². The van der Waals surface area contributed by atoms with Gasteiger partial charge >= 0.3 is 0 Å². The molecule has 1 amide bonds. The van der Waals surface area contributed by atoms with E-state index in [-0.39, 0.29) is 11.7 Å². The van der Waals surface area contributed by atoms with Gasteiger partial charge in [0, 0.05) is 19.6 Å². The van der Waals surface area contributed by atoms with Crippen LogP contribution in [0.5, 0.6) is 5.75 Å². The minimum atomic E-state index is -0.582. The van der Waals surface area contributed by atoms with E-state index in [0.29, 0.717) is 16.1 Å². The molecule has 0 saturated carbocycles. The zero-order chi connectivity index (χ0) is 19.4. The average Bonchev–Trinajstić information content (AvgIpc) is 2.65. The van der Waals surface area contributed by atoms with Crippen molar-refractivity contribution in [3.8, 4) is 5.75 Å². The van der Waals surface area contributed by atoms with Crippen molar-refractivity contribution in [2.45, 2.75) is 45.6 Å². The van der Waals surface area contributed by atoms with Gasteiger partial charge in [0.25, 0.3) is 5.91 Å². The maximum atomic E-state index is 13.2. The highest BCUT2D eigenvalue weighted by molar-refractivity contribution is 9.10. The molecule has 0 aromatic heterocycles. The number of benzene rings is 1. The summed E-state index contributed by atoms with van der Waals surface area (Å²) < 4.78 is 19.5. The highest BCUT2D eigenvalue weighted by atomic mass is 79.9. The third-order valence-electron chi connectivity index (χ3n) is 5.77. The molecule has 2 heterocycles. The molecule has 0 radical (unpaired) electrons. The third-order valence-corrected chi connectivity index (χ3v) is 6.39. The van der Waals surface area contributed by atoms with Crippen molar-refractivity contribution in [3.05, 3.63) is 28.5 Å². The van der Waals surface area contributed by atoms with Gasteiger partial charge in [0.05, 0.1) is 4.47 Å². The van der Waals surface area contributed by atoms with Crippen LogP contribution in [-0.2, 0) is 4.79 Å².